The Balaban J connectivity index is 3.33. The van der Waals surface area contributed by atoms with Crippen LogP contribution in [0.15, 0.2) is 12.1 Å². The van der Waals surface area contributed by atoms with E-state index >= 15 is 0 Å². The summed E-state index contributed by atoms with van der Waals surface area (Å²) in [6, 6.07) is 5.90. The molecule has 0 radical (unpaired) electrons. The highest BCUT2D eigenvalue weighted by molar-refractivity contribution is 6.12. The minimum absolute atomic E-state index is 0.292. The third-order valence-corrected chi connectivity index (χ3v) is 2.34. The summed E-state index contributed by atoms with van der Waals surface area (Å²) in [6.07, 6.45) is 0. The lowest BCUT2D eigenvalue weighted by atomic mass is 10.1. The molecule has 0 saturated heterocycles. The molecule has 0 spiro atoms. The van der Waals surface area contributed by atoms with Gasteiger partial charge in [-0.1, -0.05) is 0 Å². The molecule has 0 N–H and O–H groups in total. The van der Waals surface area contributed by atoms with Gasteiger partial charge >= 0.3 is 0 Å². The van der Waals surface area contributed by atoms with Crippen LogP contribution in [0.3, 0.4) is 0 Å². The Labute approximate surface area is 113 Å². The number of benzene rings is 1. The number of hydrogen-bond donors (Lipinski definition) is 0. The maximum Gasteiger partial charge on any atom is 0.245 e. The number of nitrogens with zero attached hydrogens (tertiary/aromatic N) is 1. The summed E-state index contributed by atoms with van der Waals surface area (Å²) in [5, 5.41) is 0. The average molecular weight is 263 g/mol. The lowest BCUT2D eigenvalue weighted by molar-refractivity contribution is 0.105. The van der Waals surface area contributed by atoms with Crippen LogP contribution in [-0.4, -0.2) is 46.1 Å². The van der Waals surface area contributed by atoms with Crippen molar-refractivity contribution in [3.63, 3.8) is 0 Å². The van der Waals surface area contributed by atoms with Crippen LogP contribution >= 0.6 is 0 Å². The molecule has 0 amide bonds. The van der Waals surface area contributed by atoms with E-state index in [0.717, 1.165) is 0 Å². The van der Waals surface area contributed by atoms with Gasteiger partial charge in [0.25, 0.3) is 0 Å². The number of Topliss-reactive ketones (excluding diaryl/α,β-unsaturated/α-hetero) is 1. The molecule has 0 aliphatic carbocycles. The second-order valence-electron chi connectivity index (χ2n) is 3.87. The van der Waals surface area contributed by atoms with Crippen molar-refractivity contribution in [2.45, 2.75) is 0 Å². The SMILES string of the molecule is COc1cc(OC)c(C(=O)C#CN(C)C)c(OC)c1. The fourth-order valence-corrected chi connectivity index (χ4v) is 1.45. The lowest BCUT2D eigenvalue weighted by Gasteiger charge is -2.12. The van der Waals surface area contributed by atoms with Gasteiger partial charge in [-0.25, -0.2) is 0 Å². The first-order valence-electron chi connectivity index (χ1n) is 5.56. The van der Waals surface area contributed by atoms with Crippen molar-refractivity contribution >= 4 is 5.78 Å². The first-order valence-corrected chi connectivity index (χ1v) is 5.56. The third kappa shape index (κ3) is 3.55. The molecule has 0 atom stereocenters. The molecule has 5 heteroatoms. The van der Waals surface area contributed by atoms with Gasteiger partial charge in [-0.15, -0.1) is 0 Å². The number of carbonyl (C=O) groups is 1. The highest BCUT2D eigenvalue weighted by atomic mass is 16.5. The zero-order valence-corrected chi connectivity index (χ0v) is 11.7. The first-order chi connectivity index (χ1) is 9.03. The van der Waals surface area contributed by atoms with Crippen molar-refractivity contribution in [1.82, 2.24) is 4.90 Å². The average Bonchev–Trinajstić information content (AvgIpc) is 2.42. The van der Waals surface area contributed by atoms with Gasteiger partial charge < -0.3 is 19.1 Å². The molecule has 5 nitrogen and oxygen atoms in total. The lowest BCUT2D eigenvalue weighted by Crippen LogP contribution is -2.06. The molecule has 0 saturated carbocycles. The molecule has 1 rings (SSSR count). The summed E-state index contributed by atoms with van der Waals surface area (Å²) in [7, 11) is 7.99. The van der Waals surface area contributed by atoms with Gasteiger partial charge in [0.1, 0.15) is 22.8 Å². The van der Waals surface area contributed by atoms with Gasteiger partial charge in [0.05, 0.1) is 21.3 Å². The van der Waals surface area contributed by atoms with E-state index in [1.807, 2.05) is 0 Å². The monoisotopic (exact) mass is 263 g/mol. The second-order valence-corrected chi connectivity index (χ2v) is 3.87. The predicted molar refractivity (Wildman–Crippen MR) is 71.9 cm³/mol. The predicted octanol–water partition coefficient (Wildman–Crippen LogP) is 1.42. The minimum atomic E-state index is -0.370. The van der Waals surface area contributed by atoms with Gasteiger partial charge in [-0.2, -0.15) is 0 Å². The highest BCUT2D eigenvalue weighted by Gasteiger charge is 2.18. The molecule has 102 valence electrons. The standard InChI is InChI=1S/C14H17NO4/c1-15(2)7-6-11(16)14-12(18-4)8-10(17-3)9-13(14)19-5/h8-9H,1-5H3. The van der Waals surface area contributed by atoms with Gasteiger partial charge in [-0.3, -0.25) is 4.79 Å². The number of methoxy groups -OCH3 is 3. The fourth-order valence-electron chi connectivity index (χ4n) is 1.45. The summed E-state index contributed by atoms with van der Waals surface area (Å²) in [5.41, 5.74) is 0.292. The molecule has 0 bridgehead atoms. The highest BCUT2D eigenvalue weighted by Crippen LogP contribution is 2.34. The summed E-state index contributed by atoms with van der Waals surface area (Å²) in [4.78, 5) is 13.7. The Hall–Kier alpha value is -2.35. The molecule has 0 aromatic heterocycles. The minimum Gasteiger partial charge on any atom is -0.496 e. The Morgan fingerprint density at radius 3 is 1.95 bits per heavy atom. The summed E-state index contributed by atoms with van der Waals surface area (Å²) in [6.45, 7) is 0. The molecule has 1 aromatic carbocycles. The van der Waals surface area contributed by atoms with Crippen LogP contribution in [0.1, 0.15) is 10.4 Å². The van der Waals surface area contributed by atoms with Crippen molar-refractivity contribution in [1.29, 1.82) is 0 Å². The van der Waals surface area contributed by atoms with Gasteiger partial charge in [0, 0.05) is 38.2 Å². The van der Waals surface area contributed by atoms with Crippen molar-refractivity contribution < 1.29 is 19.0 Å². The van der Waals surface area contributed by atoms with Crippen molar-refractivity contribution in [3.8, 4) is 29.2 Å². The van der Waals surface area contributed by atoms with Gasteiger partial charge in [0.15, 0.2) is 0 Å². The number of ether oxygens (including phenoxy) is 3. The van der Waals surface area contributed by atoms with E-state index in [1.54, 1.807) is 31.1 Å². The van der Waals surface area contributed by atoms with E-state index in [9.17, 15) is 4.79 Å². The first kappa shape index (κ1) is 14.7. The zero-order chi connectivity index (χ0) is 14.4. The van der Waals surface area contributed by atoms with E-state index < -0.39 is 0 Å². The third-order valence-electron chi connectivity index (χ3n) is 2.34. The molecule has 1 aromatic rings. The van der Waals surface area contributed by atoms with Crippen molar-refractivity contribution in [3.05, 3.63) is 17.7 Å². The van der Waals surface area contributed by atoms with Crippen LogP contribution in [0.25, 0.3) is 0 Å². The largest absolute Gasteiger partial charge is 0.496 e. The maximum absolute atomic E-state index is 12.1. The Kier molecular flexibility index (Phi) is 5.07. The van der Waals surface area contributed by atoms with E-state index in [1.165, 1.54) is 21.3 Å². The van der Waals surface area contributed by atoms with E-state index in [-0.39, 0.29) is 5.78 Å². The molecule has 0 aliphatic rings. The summed E-state index contributed by atoms with van der Waals surface area (Å²) >= 11 is 0. The van der Waals surface area contributed by atoms with E-state index in [4.69, 9.17) is 14.2 Å². The molecule has 19 heavy (non-hydrogen) atoms. The van der Waals surface area contributed by atoms with Crippen molar-refractivity contribution in [2.24, 2.45) is 0 Å². The second kappa shape index (κ2) is 6.55. The summed E-state index contributed by atoms with van der Waals surface area (Å²) < 4.78 is 15.5. The van der Waals surface area contributed by atoms with Crippen LogP contribution < -0.4 is 14.2 Å². The maximum atomic E-state index is 12.1. The normalized spacial score (nSPS) is 9.11. The Bertz CT molecular complexity index is 501. The van der Waals surface area contributed by atoms with Crippen LogP contribution in [0.5, 0.6) is 17.2 Å². The van der Waals surface area contributed by atoms with Crippen LogP contribution in [0.4, 0.5) is 0 Å². The number of ketones is 1. The van der Waals surface area contributed by atoms with Crippen LogP contribution in [0.2, 0.25) is 0 Å². The van der Waals surface area contributed by atoms with E-state index in [0.29, 0.717) is 22.8 Å². The van der Waals surface area contributed by atoms with Crippen LogP contribution in [-0.2, 0) is 0 Å². The topological polar surface area (TPSA) is 48.0 Å². The quantitative estimate of drug-likeness (QED) is 0.467. The number of carbonyl (C=O) groups excluding carboxylic acids is 1. The summed E-state index contributed by atoms with van der Waals surface area (Å²) in [5.74, 6) is 3.44. The molecular weight excluding hydrogens is 246 g/mol. The van der Waals surface area contributed by atoms with Gasteiger partial charge in [0.2, 0.25) is 5.78 Å². The van der Waals surface area contributed by atoms with Crippen LogP contribution in [0, 0.1) is 12.0 Å². The van der Waals surface area contributed by atoms with Crippen molar-refractivity contribution in [2.75, 3.05) is 35.4 Å². The smallest absolute Gasteiger partial charge is 0.245 e. The van der Waals surface area contributed by atoms with E-state index in [2.05, 4.69) is 12.0 Å². The zero-order valence-electron chi connectivity index (χ0n) is 11.7. The molecule has 0 heterocycles. The fraction of sp³-hybridized carbons (Fsp3) is 0.357. The van der Waals surface area contributed by atoms with Gasteiger partial charge in [-0.05, 0) is 0 Å². The Morgan fingerprint density at radius 2 is 1.58 bits per heavy atom. The number of rotatable bonds is 4. The Morgan fingerprint density at radius 1 is 1.05 bits per heavy atom. The number of hydrogen-bond acceptors (Lipinski definition) is 5. The molecule has 0 fully saturated rings. The molecule has 0 aliphatic heterocycles. The molecule has 0 unspecified atom stereocenters. The molecular formula is C14H17NO4.